The van der Waals surface area contributed by atoms with Gasteiger partial charge in [-0.15, -0.1) is 0 Å². The molecule has 1 N–H and O–H groups in total. The fourth-order valence-corrected chi connectivity index (χ4v) is 12.0. The van der Waals surface area contributed by atoms with Crippen LogP contribution < -0.4 is 16.6 Å². The summed E-state index contributed by atoms with van der Waals surface area (Å²) in [5.74, 6) is -2.08. The number of phosphoric acid groups is 3. The van der Waals surface area contributed by atoms with Gasteiger partial charge in [0.2, 0.25) is 0 Å². The molecule has 0 spiro atoms. The first-order valence-corrected chi connectivity index (χ1v) is 26.3. The van der Waals surface area contributed by atoms with Gasteiger partial charge >= 0.3 is 41.2 Å². The Morgan fingerprint density at radius 3 is 1.62 bits per heavy atom. The Morgan fingerprint density at radius 1 is 0.718 bits per heavy atom. The summed E-state index contributed by atoms with van der Waals surface area (Å²) < 4.78 is 130. The van der Waals surface area contributed by atoms with Gasteiger partial charge in [-0.1, -0.05) is 126 Å². The zero-order valence-electron chi connectivity index (χ0n) is 38.1. The van der Waals surface area contributed by atoms with Gasteiger partial charge in [0.1, 0.15) is 6.23 Å². The number of rotatable bonds is 27. The summed E-state index contributed by atoms with van der Waals surface area (Å²) in [6.07, 6.45) is -5.93. The lowest BCUT2D eigenvalue weighted by Crippen LogP contribution is -2.42. The lowest BCUT2D eigenvalue weighted by atomic mass is 10.1. The van der Waals surface area contributed by atoms with Crippen LogP contribution in [0.3, 0.4) is 0 Å². The summed E-state index contributed by atoms with van der Waals surface area (Å²) >= 11 is 0. The summed E-state index contributed by atoms with van der Waals surface area (Å²) in [7, 11) is -15.8. The molecule has 2 unspecified atom stereocenters. The van der Waals surface area contributed by atoms with Gasteiger partial charge in [-0.25, -0.2) is 18.5 Å². The van der Waals surface area contributed by atoms with Gasteiger partial charge in [-0.3, -0.25) is 41.3 Å². The smallest absolute Gasteiger partial charge is 0.352 e. The maximum atomic E-state index is 15.0. The maximum absolute atomic E-state index is 15.0. The van der Waals surface area contributed by atoms with E-state index >= 15 is 4.57 Å². The molecule has 0 saturated carbocycles. The Hall–Kier alpha value is -5.50. The predicted octanol–water partition coefficient (Wildman–Crippen LogP) is 10.4. The number of azide groups is 1. The summed E-state index contributed by atoms with van der Waals surface area (Å²) in [5, 5.41) is 5.56. The van der Waals surface area contributed by atoms with Crippen molar-refractivity contribution in [2.45, 2.75) is 90.1 Å². The van der Waals surface area contributed by atoms with Crippen LogP contribution in [0.25, 0.3) is 10.4 Å². The largest absolute Gasteiger partial charge is 0.492 e. The molecule has 1 aliphatic rings. The third-order valence-electron chi connectivity index (χ3n) is 10.4. The molecule has 5 aromatic rings. The van der Waals surface area contributed by atoms with Gasteiger partial charge in [0.25, 0.3) is 5.56 Å². The number of aromatic nitrogens is 2. The van der Waals surface area contributed by atoms with E-state index in [-0.39, 0.29) is 57.6 Å². The van der Waals surface area contributed by atoms with E-state index in [9.17, 15) is 42.2 Å². The van der Waals surface area contributed by atoms with Crippen LogP contribution in [-0.4, -0.2) is 46.5 Å². The Labute approximate surface area is 405 Å². The highest BCUT2D eigenvalue weighted by atomic mass is 31.3. The SMILES string of the molecule is Cc1cn([C@H]2C[C@H](N=[N+]=[N-])[C@@H](COP(=O)(OCc3ccccc3)OP(=O)(OCc3ccccc3)OP(=O)(OCc3ccccc3)OCc3ccccc3)O2)c(=O)n(CCCCCNC(=O)C(F)(F)F)c1=O. The predicted molar refractivity (Wildman–Crippen MR) is 250 cm³/mol. The molecular weight excluding hydrogens is 998 g/mol. The average molecular weight is 1050 g/mol. The zero-order valence-corrected chi connectivity index (χ0v) is 40.7. The standard InChI is InChI=1S/C45H50F3N6O14P3/c1-34-28-54(44(57)53(42(34)55)26-16-6-15-25-50-43(56)45(46,47)48)41-27-39(51-52-49)40(66-41)33-65-70(59,63-31-37-21-11-4-12-22-37)68-71(60,64-32-38-23-13-5-14-24-38)67-69(58,61-29-35-17-7-2-8-18-35)62-30-36-19-9-3-10-20-36/h2-5,7-14,17-24,28,39-41H,6,15-16,25-27,29-33H2,1H3,(H,50,56)/t39-,40+,41+,70?,71?/m0/s1. The molecule has 6 rings (SSSR count). The van der Waals surface area contributed by atoms with Crippen molar-refractivity contribution >= 4 is 29.4 Å². The van der Waals surface area contributed by atoms with E-state index in [4.69, 9.17) is 36.0 Å². The number of aryl methyl sites for hydroxylation is 1. The van der Waals surface area contributed by atoms with Crippen LogP contribution in [-0.2, 0) is 87.4 Å². The first-order chi connectivity index (χ1) is 34.0. The molecule has 2 heterocycles. The van der Waals surface area contributed by atoms with Gasteiger partial charge < -0.3 is 10.1 Å². The molecule has 0 bridgehead atoms. The molecule has 1 amide bonds. The molecule has 4 aromatic carbocycles. The second kappa shape index (κ2) is 25.7. The number of benzene rings is 4. The molecule has 0 radical (unpaired) electrons. The number of unbranched alkanes of at least 4 members (excludes halogenated alkanes) is 2. The van der Waals surface area contributed by atoms with Crippen LogP contribution in [0.4, 0.5) is 13.2 Å². The van der Waals surface area contributed by atoms with E-state index in [0.29, 0.717) is 22.3 Å². The van der Waals surface area contributed by atoms with Crippen LogP contribution in [0.1, 0.15) is 59.7 Å². The molecule has 26 heteroatoms. The van der Waals surface area contributed by atoms with Crippen LogP contribution in [0.2, 0.25) is 0 Å². The van der Waals surface area contributed by atoms with Crippen LogP contribution >= 0.6 is 23.5 Å². The van der Waals surface area contributed by atoms with Crippen molar-refractivity contribution in [3.8, 4) is 0 Å². The normalized spacial score (nSPS) is 17.7. The minimum absolute atomic E-state index is 0.113. The fourth-order valence-electron chi connectivity index (χ4n) is 6.81. The van der Waals surface area contributed by atoms with Crippen molar-refractivity contribution in [3.05, 3.63) is 187 Å². The first kappa shape index (κ1) is 54.8. The number of carbonyl (C=O) groups excluding carboxylic acids is 1. The zero-order chi connectivity index (χ0) is 50.9. The molecule has 1 saturated heterocycles. The van der Waals surface area contributed by atoms with Crippen LogP contribution in [0.5, 0.6) is 0 Å². The van der Waals surface area contributed by atoms with Crippen molar-refractivity contribution in [3.63, 3.8) is 0 Å². The number of carbonyl (C=O) groups is 1. The number of alkyl halides is 3. The lowest BCUT2D eigenvalue weighted by molar-refractivity contribution is -0.173. The number of phosphoric ester groups is 2. The van der Waals surface area contributed by atoms with Gasteiger partial charge in [0.05, 0.1) is 45.2 Å². The second-order valence-electron chi connectivity index (χ2n) is 15.7. The molecule has 0 aliphatic carbocycles. The number of nitrogens with zero attached hydrogens (tertiary/aromatic N) is 5. The monoisotopic (exact) mass is 1050 g/mol. The summed E-state index contributed by atoms with van der Waals surface area (Å²) in [6.45, 7) is -1.50. The number of hydrogen-bond donors (Lipinski definition) is 1. The molecule has 1 fully saturated rings. The van der Waals surface area contributed by atoms with Gasteiger partial charge in [-0.2, -0.15) is 21.8 Å². The number of hydrogen-bond acceptors (Lipinski definition) is 15. The van der Waals surface area contributed by atoms with E-state index in [1.165, 1.54) is 13.1 Å². The lowest BCUT2D eigenvalue weighted by Gasteiger charge is -2.27. The molecule has 20 nitrogen and oxygen atoms in total. The maximum Gasteiger partial charge on any atom is 0.492 e. The molecule has 1 aliphatic heterocycles. The highest BCUT2D eigenvalue weighted by Crippen LogP contribution is 2.73. The van der Waals surface area contributed by atoms with Crippen molar-refractivity contribution < 1.29 is 67.6 Å². The fraction of sp³-hybridized carbons (Fsp3) is 0.356. The summed E-state index contributed by atoms with van der Waals surface area (Å²) in [4.78, 5) is 40.9. The van der Waals surface area contributed by atoms with Crippen molar-refractivity contribution in [1.82, 2.24) is 14.5 Å². The Balaban J connectivity index is 1.25. The number of amides is 1. The molecule has 380 valence electrons. The van der Waals surface area contributed by atoms with E-state index < -0.39 is 85.0 Å². The molecule has 5 atom stereocenters. The molecule has 1 aromatic heterocycles. The molecule has 71 heavy (non-hydrogen) atoms. The van der Waals surface area contributed by atoms with Crippen LogP contribution in [0, 0.1) is 6.92 Å². The highest BCUT2D eigenvalue weighted by molar-refractivity contribution is 7.67. The van der Waals surface area contributed by atoms with Gasteiger partial charge in [0, 0.05) is 36.2 Å². The van der Waals surface area contributed by atoms with Crippen molar-refractivity contribution in [2.24, 2.45) is 5.11 Å². The number of halogens is 3. The number of nitrogens with one attached hydrogen (secondary N) is 1. The first-order valence-electron chi connectivity index (χ1n) is 22.0. The summed E-state index contributed by atoms with van der Waals surface area (Å²) in [6, 6.07) is 32.4. The van der Waals surface area contributed by atoms with Crippen LogP contribution in [0.15, 0.2) is 142 Å². The van der Waals surface area contributed by atoms with Crippen molar-refractivity contribution in [1.29, 1.82) is 0 Å². The second-order valence-corrected chi connectivity index (χ2v) is 21.0. The van der Waals surface area contributed by atoms with E-state index in [1.807, 2.05) is 0 Å². The topological polar surface area (TPSA) is 247 Å². The summed E-state index contributed by atoms with van der Waals surface area (Å²) in [5.41, 5.74) is 10.1. The van der Waals surface area contributed by atoms with Gasteiger partial charge in [0.15, 0.2) is 0 Å². The number of ether oxygens (including phenoxy) is 1. The minimum atomic E-state index is -5.48. The van der Waals surface area contributed by atoms with Gasteiger partial charge in [-0.05, 0) is 54.0 Å². The average Bonchev–Trinajstić information content (AvgIpc) is 3.77. The Morgan fingerprint density at radius 2 is 1.17 bits per heavy atom. The van der Waals surface area contributed by atoms with E-state index in [1.54, 1.807) is 127 Å². The third-order valence-corrected chi connectivity index (χ3v) is 15.9. The minimum Gasteiger partial charge on any atom is -0.352 e. The van der Waals surface area contributed by atoms with Crippen molar-refractivity contribution in [2.75, 3.05) is 13.2 Å². The third kappa shape index (κ3) is 16.8. The highest BCUT2D eigenvalue weighted by Gasteiger charge is 2.49. The van der Waals surface area contributed by atoms with E-state index in [0.717, 1.165) is 9.13 Å². The Bertz CT molecular complexity index is 2800. The van der Waals surface area contributed by atoms with E-state index in [2.05, 4.69) is 10.0 Å². The quantitative estimate of drug-likeness (QED) is 0.0169. The molecular formula is C45H50F3N6O14P3. The Kier molecular flexibility index (Phi) is 19.9.